The summed E-state index contributed by atoms with van der Waals surface area (Å²) in [5, 5.41) is 3.20. The van der Waals surface area contributed by atoms with Crippen molar-refractivity contribution >= 4 is 27.2 Å². The van der Waals surface area contributed by atoms with Gasteiger partial charge in [0.1, 0.15) is 17.9 Å². The van der Waals surface area contributed by atoms with E-state index in [1.54, 1.807) is 6.07 Å². The number of hydrogen-bond acceptors (Lipinski definition) is 6. The van der Waals surface area contributed by atoms with Crippen LogP contribution in [0.2, 0.25) is 0 Å². The maximum Gasteiger partial charge on any atom is 0.229 e. The number of sulfonamides is 1. The van der Waals surface area contributed by atoms with Crippen LogP contribution in [0.3, 0.4) is 0 Å². The van der Waals surface area contributed by atoms with Crippen molar-refractivity contribution < 1.29 is 13.2 Å². The van der Waals surface area contributed by atoms with Gasteiger partial charge in [-0.3, -0.25) is 4.72 Å². The Morgan fingerprint density at radius 2 is 1.79 bits per heavy atom. The van der Waals surface area contributed by atoms with Crippen LogP contribution < -0.4 is 14.8 Å². The number of ether oxygens (including phenoxy) is 1. The highest BCUT2D eigenvalue weighted by molar-refractivity contribution is 7.92. The van der Waals surface area contributed by atoms with E-state index >= 15 is 0 Å². The lowest BCUT2D eigenvalue weighted by Gasteiger charge is -2.14. The van der Waals surface area contributed by atoms with Gasteiger partial charge in [-0.15, -0.1) is 0 Å². The van der Waals surface area contributed by atoms with E-state index in [0.29, 0.717) is 17.2 Å². The van der Waals surface area contributed by atoms with Gasteiger partial charge in [-0.2, -0.15) is 0 Å². The van der Waals surface area contributed by atoms with Gasteiger partial charge in [0, 0.05) is 17.3 Å². The predicted octanol–water partition coefficient (Wildman–Crippen LogP) is 4.35. The largest absolute Gasteiger partial charge is 0.490 e. The quantitative estimate of drug-likeness (QED) is 0.599. The van der Waals surface area contributed by atoms with Crippen LogP contribution in [0.15, 0.2) is 54.9 Å². The fourth-order valence-corrected chi connectivity index (χ4v) is 3.38. The van der Waals surface area contributed by atoms with E-state index in [1.807, 2.05) is 63.2 Å². The van der Waals surface area contributed by atoms with E-state index in [1.165, 1.54) is 6.33 Å². The van der Waals surface area contributed by atoms with Crippen molar-refractivity contribution in [1.29, 1.82) is 0 Å². The SMILES string of the molecule is Cc1ccc(Nc2cc(-c3ccccc3OC(C)C)ncn2)cc1NS(C)(=O)=O. The highest BCUT2D eigenvalue weighted by Gasteiger charge is 2.11. The minimum Gasteiger partial charge on any atom is -0.490 e. The summed E-state index contributed by atoms with van der Waals surface area (Å²) in [5.41, 5.74) is 3.64. The van der Waals surface area contributed by atoms with Gasteiger partial charge in [0.15, 0.2) is 0 Å². The molecule has 0 aliphatic rings. The van der Waals surface area contributed by atoms with Crippen LogP contribution in [0.25, 0.3) is 11.3 Å². The van der Waals surface area contributed by atoms with E-state index in [9.17, 15) is 8.42 Å². The Morgan fingerprint density at radius 3 is 2.52 bits per heavy atom. The summed E-state index contributed by atoms with van der Waals surface area (Å²) in [4.78, 5) is 8.65. The van der Waals surface area contributed by atoms with Crippen molar-refractivity contribution in [2.24, 2.45) is 0 Å². The fourth-order valence-electron chi connectivity index (χ4n) is 2.77. The molecule has 0 radical (unpaired) electrons. The smallest absolute Gasteiger partial charge is 0.229 e. The lowest BCUT2D eigenvalue weighted by atomic mass is 10.1. The summed E-state index contributed by atoms with van der Waals surface area (Å²) in [7, 11) is -3.36. The average Bonchev–Trinajstić information content (AvgIpc) is 2.63. The number of aromatic nitrogens is 2. The van der Waals surface area contributed by atoms with Gasteiger partial charge >= 0.3 is 0 Å². The molecule has 3 rings (SSSR count). The molecule has 8 heteroatoms. The lowest BCUT2D eigenvalue weighted by Crippen LogP contribution is -2.10. The number of nitrogens with one attached hydrogen (secondary N) is 2. The third kappa shape index (κ3) is 5.68. The molecule has 2 aromatic carbocycles. The van der Waals surface area contributed by atoms with Crippen molar-refractivity contribution in [2.45, 2.75) is 26.9 Å². The molecule has 1 aromatic heterocycles. The van der Waals surface area contributed by atoms with Crippen LogP contribution in [-0.2, 0) is 10.0 Å². The summed E-state index contributed by atoms with van der Waals surface area (Å²) in [6, 6.07) is 15.0. The Hall–Kier alpha value is -3.13. The van der Waals surface area contributed by atoms with Crippen LogP contribution in [0.4, 0.5) is 17.2 Å². The summed E-state index contributed by atoms with van der Waals surface area (Å²) in [5.74, 6) is 1.34. The maximum atomic E-state index is 11.6. The molecule has 0 amide bonds. The Kier molecular flexibility index (Phi) is 6.03. The normalized spacial score (nSPS) is 11.3. The Labute approximate surface area is 171 Å². The molecule has 0 saturated heterocycles. The average molecular weight is 413 g/mol. The monoisotopic (exact) mass is 412 g/mol. The van der Waals surface area contributed by atoms with Gasteiger partial charge < -0.3 is 10.1 Å². The zero-order valence-corrected chi connectivity index (χ0v) is 17.6. The predicted molar refractivity (Wildman–Crippen MR) is 116 cm³/mol. The minimum atomic E-state index is -3.36. The van der Waals surface area contributed by atoms with Gasteiger partial charge in [0.2, 0.25) is 10.0 Å². The number of hydrogen-bond donors (Lipinski definition) is 2. The molecule has 0 atom stereocenters. The van der Waals surface area contributed by atoms with Gasteiger partial charge in [-0.05, 0) is 50.6 Å². The highest BCUT2D eigenvalue weighted by atomic mass is 32.2. The number of aryl methyl sites for hydroxylation is 1. The molecule has 0 unspecified atom stereocenters. The summed E-state index contributed by atoms with van der Waals surface area (Å²) in [6.45, 7) is 5.79. The Bertz CT molecular complexity index is 1110. The zero-order chi connectivity index (χ0) is 21.0. The van der Waals surface area contributed by atoms with Crippen molar-refractivity contribution in [3.8, 4) is 17.0 Å². The zero-order valence-electron chi connectivity index (χ0n) is 16.8. The third-order valence-corrected chi connectivity index (χ3v) is 4.59. The molecule has 0 spiro atoms. The first kappa shape index (κ1) is 20.6. The molecule has 3 aromatic rings. The van der Waals surface area contributed by atoms with E-state index in [4.69, 9.17) is 4.74 Å². The van der Waals surface area contributed by atoms with Crippen LogP contribution in [0.5, 0.6) is 5.75 Å². The lowest BCUT2D eigenvalue weighted by molar-refractivity contribution is 0.243. The van der Waals surface area contributed by atoms with Gasteiger partial charge in [0.25, 0.3) is 0 Å². The number of anilines is 3. The van der Waals surface area contributed by atoms with Crippen molar-refractivity contribution in [1.82, 2.24) is 9.97 Å². The summed E-state index contributed by atoms with van der Waals surface area (Å²) < 4.78 is 31.5. The summed E-state index contributed by atoms with van der Waals surface area (Å²) in [6.07, 6.45) is 2.65. The van der Waals surface area contributed by atoms with Crippen LogP contribution >= 0.6 is 0 Å². The molecule has 0 aliphatic heterocycles. The number of para-hydroxylation sites is 1. The minimum absolute atomic E-state index is 0.0453. The van der Waals surface area contributed by atoms with Crippen molar-refractivity contribution in [2.75, 3.05) is 16.3 Å². The molecule has 2 N–H and O–H groups in total. The number of rotatable bonds is 7. The highest BCUT2D eigenvalue weighted by Crippen LogP contribution is 2.31. The van der Waals surface area contributed by atoms with Crippen molar-refractivity contribution in [3.05, 3.63) is 60.4 Å². The van der Waals surface area contributed by atoms with Crippen LogP contribution in [0.1, 0.15) is 19.4 Å². The second-order valence-corrected chi connectivity index (χ2v) is 8.73. The molecule has 152 valence electrons. The van der Waals surface area contributed by atoms with Crippen molar-refractivity contribution in [3.63, 3.8) is 0 Å². The number of nitrogens with zero attached hydrogens (tertiary/aromatic N) is 2. The van der Waals surface area contributed by atoms with E-state index in [0.717, 1.165) is 28.8 Å². The maximum absolute atomic E-state index is 11.6. The first-order valence-electron chi connectivity index (χ1n) is 9.15. The topological polar surface area (TPSA) is 93.2 Å². The Morgan fingerprint density at radius 1 is 1.03 bits per heavy atom. The van der Waals surface area contributed by atoms with E-state index in [2.05, 4.69) is 20.0 Å². The molecular formula is C21H24N4O3S. The molecular weight excluding hydrogens is 388 g/mol. The van der Waals surface area contributed by atoms with Crippen LogP contribution in [0, 0.1) is 6.92 Å². The molecule has 0 aliphatic carbocycles. The molecule has 1 heterocycles. The van der Waals surface area contributed by atoms with Gasteiger partial charge in [-0.1, -0.05) is 18.2 Å². The molecule has 0 bridgehead atoms. The molecule has 0 saturated carbocycles. The molecule has 7 nitrogen and oxygen atoms in total. The molecule has 0 fully saturated rings. The first-order chi connectivity index (χ1) is 13.7. The van der Waals surface area contributed by atoms with Gasteiger partial charge in [-0.25, -0.2) is 18.4 Å². The Balaban J connectivity index is 1.89. The standard InChI is InChI=1S/C21H24N4O3S/c1-14(2)28-20-8-6-5-7-17(20)19-12-21(23-13-22-19)24-16-10-9-15(3)18(11-16)25-29(4,26)27/h5-14,25H,1-4H3,(H,22,23,24). The first-order valence-corrected chi connectivity index (χ1v) is 11.0. The van der Waals surface area contributed by atoms with Crippen LogP contribution in [-0.4, -0.2) is 30.7 Å². The van der Waals surface area contributed by atoms with E-state index < -0.39 is 10.0 Å². The summed E-state index contributed by atoms with van der Waals surface area (Å²) >= 11 is 0. The molecule has 29 heavy (non-hydrogen) atoms. The van der Waals surface area contributed by atoms with Gasteiger partial charge in [0.05, 0.1) is 23.7 Å². The number of benzene rings is 2. The second kappa shape index (κ2) is 8.48. The fraction of sp³-hybridized carbons (Fsp3) is 0.238. The van der Waals surface area contributed by atoms with E-state index in [-0.39, 0.29) is 6.10 Å². The third-order valence-electron chi connectivity index (χ3n) is 4.00. The second-order valence-electron chi connectivity index (χ2n) is 6.98.